The topological polar surface area (TPSA) is 52.3 Å². The largest absolute Gasteiger partial charge is 0.448 e. The van der Waals surface area contributed by atoms with Crippen LogP contribution in [0.1, 0.15) is 28.4 Å². The van der Waals surface area contributed by atoms with Crippen molar-refractivity contribution in [2.45, 2.75) is 19.3 Å². The molecule has 0 bridgehead atoms. The van der Waals surface area contributed by atoms with Crippen LogP contribution in [0.2, 0.25) is 0 Å². The summed E-state index contributed by atoms with van der Waals surface area (Å²) in [5.74, 6) is 0.638. The molecule has 4 nitrogen and oxygen atoms in total. The zero-order chi connectivity index (χ0) is 19.2. The minimum absolute atomic E-state index is 0.214. The van der Waals surface area contributed by atoms with Gasteiger partial charge in [-0.1, -0.05) is 29.8 Å². The van der Waals surface area contributed by atoms with Crippen LogP contribution < -0.4 is 10.2 Å². The van der Waals surface area contributed by atoms with E-state index >= 15 is 0 Å². The molecule has 2 N–H and O–H groups in total. The number of anilines is 2. The van der Waals surface area contributed by atoms with Crippen molar-refractivity contribution in [3.8, 4) is 0 Å². The van der Waals surface area contributed by atoms with E-state index in [4.69, 9.17) is 9.83 Å². The highest BCUT2D eigenvalue weighted by atomic mass is 19.4. The summed E-state index contributed by atoms with van der Waals surface area (Å²) < 4.78 is 44.1. The normalized spacial score (nSPS) is 16.8. The van der Waals surface area contributed by atoms with Gasteiger partial charge in [-0.2, -0.15) is 13.2 Å². The molecule has 0 radical (unpaired) electrons. The second-order valence-corrected chi connectivity index (χ2v) is 6.38. The number of furan rings is 1. The monoisotopic (exact) mass is 371 g/mol. The van der Waals surface area contributed by atoms with Crippen molar-refractivity contribution in [1.29, 1.82) is 5.41 Å². The van der Waals surface area contributed by atoms with Gasteiger partial charge in [0.15, 0.2) is 0 Å². The van der Waals surface area contributed by atoms with E-state index in [0.717, 1.165) is 23.4 Å². The van der Waals surface area contributed by atoms with Crippen molar-refractivity contribution >= 4 is 17.4 Å². The molecule has 1 aliphatic heterocycles. The summed E-state index contributed by atoms with van der Waals surface area (Å²) in [6.07, 6.45) is -3.48. The lowest BCUT2D eigenvalue weighted by Gasteiger charge is -2.38. The number of hydrogen-bond donors (Lipinski definition) is 2. The molecule has 3 aromatic rings. The average molecular weight is 371 g/mol. The predicted octanol–water partition coefficient (Wildman–Crippen LogP) is 5.56. The molecule has 4 rings (SSSR count). The van der Waals surface area contributed by atoms with Crippen LogP contribution in [0.15, 0.2) is 65.3 Å². The molecule has 1 aliphatic rings. The Kier molecular flexibility index (Phi) is 3.95. The summed E-state index contributed by atoms with van der Waals surface area (Å²) in [4.78, 5) is 1.74. The molecule has 2 aromatic carbocycles. The number of halogens is 3. The predicted molar refractivity (Wildman–Crippen MR) is 97.0 cm³/mol. The van der Waals surface area contributed by atoms with Crippen LogP contribution in [-0.4, -0.2) is 5.84 Å². The molecule has 1 aromatic heterocycles. The van der Waals surface area contributed by atoms with E-state index in [0.29, 0.717) is 17.0 Å². The summed E-state index contributed by atoms with van der Waals surface area (Å²) in [5.41, 5.74) is 2.31. The Morgan fingerprint density at radius 3 is 2.30 bits per heavy atom. The van der Waals surface area contributed by atoms with Crippen LogP contribution in [0.25, 0.3) is 0 Å². The first-order chi connectivity index (χ1) is 12.8. The van der Waals surface area contributed by atoms with E-state index in [1.54, 1.807) is 11.0 Å². The molecule has 0 spiro atoms. The second kappa shape index (κ2) is 6.19. The fourth-order valence-electron chi connectivity index (χ4n) is 3.13. The molecule has 0 amide bonds. The van der Waals surface area contributed by atoms with E-state index in [-0.39, 0.29) is 5.84 Å². The molecule has 0 saturated carbocycles. The third-order valence-electron chi connectivity index (χ3n) is 4.55. The molecule has 138 valence electrons. The minimum Gasteiger partial charge on any atom is -0.448 e. The number of hydrogen-bond acceptors (Lipinski definition) is 3. The Hall–Kier alpha value is -3.22. The van der Waals surface area contributed by atoms with Gasteiger partial charge in [0.1, 0.15) is 12.0 Å². The molecule has 2 heterocycles. The van der Waals surface area contributed by atoms with Gasteiger partial charge in [0, 0.05) is 5.69 Å². The Labute approximate surface area is 153 Å². The molecular formula is C20H16F3N3O. The van der Waals surface area contributed by atoms with E-state index in [2.05, 4.69) is 5.32 Å². The number of aryl methyl sites for hydroxylation is 1. The molecule has 1 atom stereocenters. The van der Waals surface area contributed by atoms with Crippen LogP contribution >= 0.6 is 0 Å². The maximum atomic E-state index is 12.9. The highest BCUT2D eigenvalue weighted by molar-refractivity contribution is 6.12. The Morgan fingerprint density at radius 1 is 1.00 bits per heavy atom. The maximum absolute atomic E-state index is 12.9. The first kappa shape index (κ1) is 17.2. The highest BCUT2D eigenvalue weighted by Crippen LogP contribution is 2.38. The van der Waals surface area contributed by atoms with Gasteiger partial charge >= 0.3 is 6.18 Å². The van der Waals surface area contributed by atoms with Crippen LogP contribution in [0.5, 0.6) is 0 Å². The van der Waals surface area contributed by atoms with E-state index in [1.807, 2.05) is 31.2 Å². The van der Waals surface area contributed by atoms with Crippen LogP contribution in [0, 0.1) is 12.3 Å². The summed E-state index contributed by atoms with van der Waals surface area (Å²) in [7, 11) is 0. The van der Waals surface area contributed by atoms with Gasteiger partial charge < -0.3 is 14.6 Å². The van der Waals surface area contributed by atoms with Gasteiger partial charge in [0.2, 0.25) is 5.88 Å². The van der Waals surface area contributed by atoms with Crippen molar-refractivity contribution in [3.05, 3.63) is 83.1 Å². The van der Waals surface area contributed by atoms with Crippen LogP contribution in [0.3, 0.4) is 0 Å². The van der Waals surface area contributed by atoms with Gasteiger partial charge in [0.25, 0.3) is 0 Å². The number of alkyl halides is 3. The quantitative estimate of drug-likeness (QED) is 0.620. The van der Waals surface area contributed by atoms with E-state index < -0.39 is 17.9 Å². The molecule has 27 heavy (non-hydrogen) atoms. The second-order valence-electron chi connectivity index (χ2n) is 6.38. The third kappa shape index (κ3) is 3.05. The summed E-state index contributed by atoms with van der Waals surface area (Å²) >= 11 is 0. The number of fused-ring (bicyclic) bond motifs is 1. The van der Waals surface area contributed by atoms with Gasteiger partial charge in [-0.05, 0) is 42.8 Å². The highest BCUT2D eigenvalue weighted by Gasteiger charge is 2.35. The fourth-order valence-corrected chi connectivity index (χ4v) is 3.13. The average Bonchev–Trinajstić information content (AvgIpc) is 3.11. The lowest BCUT2D eigenvalue weighted by molar-refractivity contribution is -0.137. The van der Waals surface area contributed by atoms with Crippen molar-refractivity contribution < 1.29 is 17.6 Å². The van der Waals surface area contributed by atoms with Gasteiger partial charge in [-0.25, -0.2) is 0 Å². The first-order valence-electron chi connectivity index (χ1n) is 8.30. The van der Waals surface area contributed by atoms with Crippen molar-refractivity contribution in [2.24, 2.45) is 0 Å². The summed E-state index contributed by atoms with van der Waals surface area (Å²) in [6, 6.07) is 14.2. The summed E-state index contributed by atoms with van der Waals surface area (Å²) in [5, 5.41) is 11.8. The zero-order valence-electron chi connectivity index (χ0n) is 14.3. The standard InChI is InChI=1S/C20H16F3N3O/c1-12-2-8-15(9-3-12)26-17(24)16-10-11-27-19(16)25-18(26)13-4-6-14(7-5-13)20(21,22)23/h2-11,18,24-25H,1H3. The summed E-state index contributed by atoms with van der Waals surface area (Å²) in [6.45, 7) is 1.96. The molecule has 0 aliphatic carbocycles. The van der Waals surface area contributed by atoms with Crippen LogP contribution in [0.4, 0.5) is 24.7 Å². The van der Waals surface area contributed by atoms with E-state index in [1.165, 1.54) is 18.4 Å². The Bertz CT molecular complexity index is 975. The molecule has 0 fully saturated rings. The molecule has 7 heteroatoms. The number of benzene rings is 2. The van der Waals surface area contributed by atoms with E-state index in [9.17, 15) is 13.2 Å². The molecular weight excluding hydrogens is 355 g/mol. The SMILES string of the molecule is Cc1ccc(N2C(=N)c3ccoc3NC2c2ccc(C(F)(F)F)cc2)cc1. The smallest absolute Gasteiger partial charge is 0.416 e. The zero-order valence-corrected chi connectivity index (χ0v) is 14.3. The third-order valence-corrected chi connectivity index (χ3v) is 4.55. The van der Waals surface area contributed by atoms with Crippen molar-refractivity contribution in [2.75, 3.05) is 10.2 Å². The van der Waals surface area contributed by atoms with Gasteiger partial charge in [-0.3, -0.25) is 5.41 Å². The number of nitrogens with one attached hydrogen (secondary N) is 2. The van der Waals surface area contributed by atoms with Crippen LogP contribution in [-0.2, 0) is 6.18 Å². The lowest BCUT2D eigenvalue weighted by atomic mass is 10.0. The van der Waals surface area contributed by atoms with Gasteiger partial charge in [0.05, 0.1) is 17.4 Å². The minimum atomic E-state index is -4.39. The number of amidine groups is 1. The maximum Gasteiger partial charge on any atom is 0.416 e. The Balaban J connectivity index is 1.78. The lowest BCUT2D eigenvalue weighted by Crippen LogP contribution is -2.42. The van der Waals surface area contributed by atoms with Crippen molar-refractivity contribution in [3.63, 3.8) is 0 Å². The molecule has 0 saturated heterocycles. The van der Waals surface area contributed by atoms with Crippen molar-refractivity contribution in [1.82, 2.24) is 0 Å². The van der Waals surface area contributed by atoms with Gasteiger partial charge in [-0.15, -0.1) is 0 Å². The fraction of sp³-hybridized carbons (Fsp3) is 0.150. The molecule has 1 unspecified atom stereocenters. The first-order valence-corrected chi connectivity index (χ1v) is 8.30. The number of rotatable bonds is 2. The number of nitrogens with zero attached hydrogens (tertiary/aromatic N) is 1. The Morgan fingerprint density at radius 2 is 1.67 bits per heavy atom.